The molecule has 2 N–H and O–H groups in total. The van der Waals surface area contributed by atoms with Crippen LogP contribution in [0.25, 0.3) is 11.3 Å². The van der Waals surface area contributed by atoms with Crippen LogP contribution in [-0.2, 0) is 11.2 Å². The fourth-order valence-electron chi connectivity index (χ4n) is 2.48. The molecular weight excluding hydrogens is 314 g/mol. The molecule has 3 rings (SSSR count). The predicted octanol–water partition coefficient (Wildman–Crippen LogP) is 3.62. The zero-order valence-electron chi connectivity index (χ0n) is 13.9. The average molecular weight is 333 g/mol. The third kappa shape index (κ3) is 4.20. The highest BCUT2D eigenvalue weighted by Crippen LogP contribution is 2.22. The Bertz CT molecular complexity index is 851. The van der Waals surface area contributed by atoms with E-state index in [1.54, 1.807) is 13.1 Å². The maximum absolute atomic E-state index is 11.2. The van der Waals surface area contributed by atoms with Crippen LogP contribution < -0.4 is 5.32 Å². The highest BCUT2D eigenvalue weighted by Gasteiger charge is 2.16. The van der Waals surface area contributed by atoms with Crippen LogP contribution in [0.15, 0.2) is 66.9 Å². The summed E-state index contributed by atoms with van der Waals surface area (Å²) in [6.45, 7) is 1.58. The zero-order chi connectivity index (χ0) is 17.6. The highest BCUT2D eigenvalue weighted by atomic mass is 16.4. The van der Waals surface area contributed by atoms with Crippen molar-refractivity contribution >= 4 is 11.8 Å². The summed E-state index contributed by atoms with van der Waals surface area (Å²) in [5.74, 6) is -0.432. The van der Waals surface area contributed by atoms with E-state index in [1.807, 2.05) is 60.7 Å². The number of benzene rings is 2. The van der Waals surface area contributed by atoms with E-state index in [9.17, 15) is 4.79 Å². The summed E-state index contributed by atoms with van der Waals surface area (Å²) in [6.07, 6.45) is 2.24. The van der Waals surface area contributed by atoms with Crippen LogP contribution in [0.3, 0.4) is 0 Å². The van der Waals surface area contributed by atoms with Crippen molar-refractivity contribution in [3.63, 3.8) is 0 Å². The van der Waals surface area contributed by atoms with Gasteiger partial charge in [0.1, 0.15) is 11.9 Å². The number of carboxylic acids is 1. The molecule has 0 bridgehead atoms. The van der Waals surface area contributed by atoms with Gasteiger partial charge < -0.3 is 10.4 Å². The minimum atomic E-state index is -0.931. The summed E-state index contributed by atoms with van der Waals surface area (Å²) < 4.78 is 0. The summed E-state index contributed by atoms with van der Waals surface area (Å²) in [4.78, 5) is 20.3. The zero-order valence-corrected chi connectivity index (χ0v) is 13.9. The number of nitrogens with zero attached hydrogens (tertiary/aromatic N) is 2. The van der Waals surface area contributed by atoms with Gasteiger partial charge in [-0.1, -0.05) is 60.7 Å². The number of aromatic nitrogens is 2. The number of hydrogen-bond donors (Lipinski definition) is 2. The third-order valence-corrected chi connectivity index (χ3v) is 3.85. The van der Waals surface area contributed by atoms with Gasteiger partial charge >= 0.3 is 5.97 Å². The molecule has 0 spiro atoms. The lowest BCUT2D eigenvalue weighted by Crippen LogP contribution is -2.26. The summed E-state index contributed by atoms with van der Waals surface area (Å²) in [5, 5.41) is 12.1. The van der Waals surface area contributed by atoms with Crippen LogP contribution in [-0.4, -0.2) is 27.1 Å². The Hall–Kier alpha value is -3.21. The summed E-state index contributed by atoms with van der Waals surface area (Å²) >= 11 is 0. The molecule has 0 radical (unpaired) electrons. The molecule has 3 aromatic rings. The van der Waals surface area contributed by atoms with Crippen LogP contribution >= 0.6 is 0 Å². The molecule has 1 unspecified atom stereocenters. The Morgan fingerprint density at radius 3 is 2.36 bits per heavy atom. The van der Waals surface area contributed by atoms with Gasteiger partial charge in [-0.15, -0.1) is 0 Å². The maximum atomic E-state index is 11.2. The molecule has 0 aliphatic carbocycles. The smallest absolute Gasteiger partial charge is 0.325 e. The number of carbonyl (C=O) groups is 1. The number of hydrogen-bond acceptors (Lipinski definition) is 4. The Labute approximate surface area is 146 Å². The Balaban J connectivity index is 1.98. The first kappa shape index (κ1) is 16.6. The molecule has 2 aromatic carbocycles. The van der Waals surface area contributed by atoms with E-state index in [2.05, 4.69) is 10.3 Å². The van der Waals surface area contributed by atoms with Crippen LogP contribution in [0.2, 0.25) is 0 Å². The molecule has 126 valence electrons. The molecule has 0 amide bonds. The lowest BCUT2D eigenvalue weighted by molar-refractivity contribution is -0.137. The minimum Gasteiger partial charge on any atom is -0.480 e. The van der Waals surface area contributed by atoms with Gasteiger partial charge in [0.15, 0.2) is 0 Å². The van der Waals surface area contributed by atoms with Crippen molar-refractivity contribution in [1.82, 2.24) is 9.97 Å². The average Bonchev–Trinajstić information content (AvgIpc) is 2.64. The molecule has 5 nitrogen and oxygen atoms in total. The largest absolute Gasteiger partial charge is 0.480 e. The summed E-state index contributed by atoms with van der Waals surface area (Å²) in [7, 11) is 0. The van der Waals surface area contributed by atoms with Crippen molar-refractivity contribution in [2.45, 2.75) is 19.4 Å². The highest BCUT2D eigenvalue weighted by molar-refractivity contribution is 5.76. The summed E-state index contributed by atoms with van der Waals surface area (Å²) in [5.41, 5.74) is 3.55. The van der Waals surface area contributed by atoms with Gasteiger partial charge in [0, 0.05) is 12.0 Å². The maximum Gasteiger partial charge on any atom is 0.325 e. The second-order valence-corrected chi connectivity index (χ2v) is 5.78. The molecule has 25 heavy (non-hydrogen) atoms. The second kappa shape index (κ2) is 7.57. The normalized spacial score (nSPS) is 11.7. The van der Waals surface area contributed by atoms with Gasteiger partial charge in [-0.25, -0.2) is 9.97 Å². The number of nitrogens with one attached hydrogen (secondary N) is 1. The van der Waals surface area contributed by atoms with Gasteiger partial charge in [0.25, 0.3) is 0 Å². The van der Waals surface area contributed by atoms with Crippen molar-refractivity contribution < 1.29 is 9.90 Å². The Kier molecular flexibility index (Phi) is 5.04. The number of carboxylic acid groups (broad SMARTS) is 1. The van der Waals surface area contributed by atoms with Crippen molar-refractivity contribution in [3.05, 3.63) is 78.1 Å². The first-order valence-electron chi connectivity index (χ1n) is 8.08. The molecular formula is C20H19N3O2. The molecule has 1 aromatic heterocycles. The fraction of sp³-hybridized carbons (Fsp3) is 0.150. The molecule has 0 fully saturated rings. The van der Waals surface area contributed by atoms with E-state index < -0.39 is 12.0 Å². The molecule has 0 aliphatic heterocycles. The van der Waals surface area contributed by atoms with Crippen LogP contribution in [0.1, 0.15) is 18.2 Å². The Morgan fingerprint density at radius 2 is 1.72 bits per heavy atom. The second-order valence-electron chi connectivity index (χ2n) is 5.78. The monoisotopic (exact) mass is 333 g/mol. The number of aliphatic carboxylic acids is 1. The third-order valence-electron chi connectivity index (χ3n) is 3.85. The standard InChI is InChI=1S/C20H19N3O2/c1-14(20(24)25)22-19-17(12-15-8-4-2-5-9-15)23-18(13-21-19)16-10-6-3-7-11-16/h2-11,13-14H,12H2,1H3,(H,21,22)(H,24,25). The Morgan fingerprint density at radius 1 is 1.08 bits per heavy atom. The fourth-order valence-corrected chi connectivity index (χ4v) is 2.48. The first-order valence-corrected chi connectivity index (χ1v) is 8.08. The number of anilines is 1. The first-order chi connectivity index (χ1) is 12.1. The van der Waals surface area contributed by atoms with E-state index >= 15 is 0 Å². The molecule has 0 saturated heterocycles. The van der Waals surface area contributed by atoms with Crippen molar-refractivity contribution in [1.29, 1.82) is 0 Å². The minimum absolute atomic E-state index is 0.499. The van der Waals surface area contributed by atoms with Gasteiger partial charge in [0.2, 0.25) is 0 Å². The molecule has 1 heterocycles. The van der Waals surface area contributed by atoms with E-state index in [1.165, 1.54) is 0 Å². The van der Waals surface area contributed by atoms with Crippen LogP contribution in [0.5, 0.6) is 0 Å². The molecule has 0 saturated carbocycles. The lowest BCUT2D eigenvalue weighted by Gasteiger charge is -2.14. The van der Waals surface area contributed by atoms with Crippen LogP contribution in [0.4, 0.5) is 5.82 Å². The van der Waals surface area contributed by atoms with E-state index in [4.69, 9.17) is 10.1 Å². The molecule has 0 aliphatic rings. The number of rotatable bonds is 6. The van der Waals surface area contributed by atoms with E-state index in [0.717, 1.165) is 22.5 Å². The van der Waals surface area contributed by atoms with Gasteiger partial charge in [-0.3, -0.25) is 4.79 Å². The van der Waals surface area contributed by atoms with Crippen molar-refractivity contribution in [2.75, 3.05) is 5.32 Å². The van der Waals surface area contributed by atoms with Gasteiger partial charge in [-0.05, 0) is 12.5 Å². The van der Waals surface area contributed by atoms with Gasteiger partial charge in [0.05, 0.1) is 17.6 Å². The summed E-state index contributed by atoms with van der Waals surface area (Å²) in [6, 6.07) is 19.0. The van der Waals surface area contributed by atoms with E-state index in [-0.39, 0.29) is 0 Å². The van der Waals surface area contributed by atoms with Crippen molar-refractivity contribution in [2.24, 2.45) is 0 Å². The van der Waals surface area contributed by atoms with Crippen LogP contribution in [0, 0.1) is 0 Å². The quantitative estimate of drug-likeness (QED) is 0.720. The molecule has 1 atom stereocenters. The lowest BCUT2D eigenvalue weighted by atomic mass is 10.1. The van der Waals surface area contributed by atoms with Gasteiger partial charge in [-0.2, -0.15) is 0 Å². The van der Waals surface area contributed by atoms with Crippen molar-refractivity contribution in [3.8, 4) is 11.3 Å². The topological polar surface area (TPSA) is 75.1 Å². The molecule has 5 heteroatoms. The predicted molar refractivity (Wildman–Crippen MR) is 97.4 cm³/mol. The van der Waals surface area contributed by atoms with E-state index in [0.29, 0.717) is 12.2 Å². The SMILES string of the molecule is CC(Nc1ncc(-c2ccccc2)nc1Cc1ccccc1)C(=O)O.